The van der Waals surface area contributed by atoms with E-state index in [9.17, 15) is 14.4 Å². The molecule has 3 aromatic rings. The predicted octanol–water partition coefficient (Wildman–Crippen LogP) is 5.31. The zero-order valence-corrected chi connectivity index (χ0v) is 20.0. The van der Waals surface area contributed by atoms with E-state index in [1.807, 2.05) is 12.1 Å². The topological polar surface area (TPSA) is 82.1 Å². The third kappa shape index (κ3) is 5.63. The first-order valence-corrected chi connectivity index (χ1v) is 11.4. The summed E-state index contributed by atoms with van der Waals surface area (Å²) in [6, 6.07) is 20.7. The summed E-state index contributed by atoms with van der Waals surface area (Å²) < 4.78 is 16.6. The lowest BCUT2D eigenvalue weighted by Crippen LogP contribution is -2.30. The van der Waals surface area contributed by atoms with Crippen LogP contribution in [0.3, 0.4) is 0 Å². The van der Waals surface area contributed by atoms with Gasteiger partial charge in [-0.2, -0.15) is 0 Å². The maximum absolute atomic E-state index is 12.7. The summed E-state index contributed by atoms with van der Waals surface area (Å²) in [7, 11) is 1.57. The van der Waals surface area contributed by atoms with Crippen LogP contribution in [0.4, 0.5) is 5.69 Å². The molecule has 0 aromatic heterocycles. The van der Waals surface area contributed by atoms with Gasteiger partial charge in [-0.25, -0.2) is 0 Å². The monoisotopic (exact) mass is 493 g/mol. The van der Waals surface area contributed by atoms with Crippen LogP contribution in [-0.2, 0) is 14.3 Å². The summed E-state index contributed by atoms with van der Waals surface area (Å²) in [5.74, 6) is 0.0000139. The standard InChI is InChI=1S/C27H24ClNO6/c1-17(26(31)18-7-9-20(28)10-8-18)34-27(32)19-15-25(30)29(16-19)21-11-13-22(14-12-21)35-24-6-4-3-5-23(24)33-2/h3-14,17,19H,15-16H2,1-2H3/t17-,19+/m1/s1. The second kappa shape index (κ2) is 10.6. The van der Waals surface area contributed by atoms with E-state index in [0.717, 1.165) is 0 Å². The fourth-order valence-corrected chi connectivity index (χ4v) is 3.94. The van der Waals surface area contributed by atoms with Gasteiger partial charge >= 0.3 is 5.97 Å². The van der Waals surface area contributed by atoms with Gasteiger partial charge in [0.05, 0.1) is 13.0 Å². The van der Waals surface area contributed by atoms with Crippen molar-refractivity contribution in [3.8, 4) is 17.2 Å². The molecule has 0 unspecified atom stereocenters. The quantitative estimate of drug-likeness (QED) is 0.312. The molecule has 1 aliphatic rings. The van der Waals surface area contributed by atoms with Crippen molar-refractivity contribution in [2.75, 3.05) is 18.6 Å². The molecule has 0 bridgehead atoms. The van der Waals surface area contributed by atoms with E-state index >= 15 is 0 Å². The molecule has 7 nitrogen and oxygen atoms in total. The zero-order chi connectivity index (χ0) is 24.9. The van der Waals surface area contributed by atoms with E-state index in [2.05, 4.69) is 0 Å². The highest BCUT2D eigenvalue weighted by atomic mass is 35.5. The maximum atomic E-state index is 12.7. The first kappa shape index (κ1) is 24.3. The van der Waals surface area contributed by atoms with Crippen molar-refractivity contribution >= 4 is 34.9 Å². The number of Topliss-reactive ketones (excluding diaryl/α,β-unsaturated/α-hetero) is 1. The number of amides is 1. The summed E-state index contributed by atoms with van der Waals surface area (Å²) in [5.41, 5.74) is 1.04. The summed E-state index contributed by atoms with van der Waals surface area (Å²) in [4.78, 5) is 39.4. The molecule has 180 valence electrons. The van der Waals surface area contributed by atoms with Gasteiger partial charge in [0.1, 0.15) is 5.75 Å². The van der Waals surface area contributed by atoms with Gasteiger partial charge in [0, 0.05) is 29.2 Å². The summed E-state index contributed by atoms with van der Waals surface area (Å²) in [6.07, 6.45) is -0.959. The SMILES string of the molecule is COc1ccccc1Oc1ccc(N2C[C@@H](C(=O)O[C@H](C)C(=O)c3ccc(Cl)cc3)CC2=O)cc1. The molecule has 1 heterocycles. The van der Waals surface area contributed by atoms with Crippen LogP contribution in [0.5, 0.6) is 17.2 Å². The number of anilines is 1. The molecule has 1 amide bonds. The first-order valence-electron chi connectivity index (χ1n) is 11.1. The number of benzene rings is 3. The summed E-state index contributed by atoms with van der Waals surface area (Å²) >= 11 is 5.86. The molecule has 0 saturated carbocycles. The molecule has 8 heteroatoms. The minimum absolute atomic E-state index is 0.0140. The molecule has 4 rings (SSSR count). The van der Waals surface area contributed by atoms with Crippen LogP contribution in [0.15, 0.2) is 72.8 Å². The van der Waals surface area contributed by atoms with Gasteiger partial charge in [-0.15, -0.1) is 0 Å². The molecular formula is C27H24ClNO6. The van der Waals surface area contributed by atoms with Gasteiger partial charge in [0.15, 0.2) is 17.6 Å². The minimum Gasteiger partial charge on any atom is -0.493 e. The van der Waals surface area contributed by atoms with Crippen LogP contribution < -0.4 is 14.4 Å². The Kier molecular flexibility index (Phi) is 7.36. The molecule has 0 radical (unpaired) electrons. The number of hydrogen-bond donors (Lipinski definition) is 0. The third-order valence-electron chi connectivity index (χ3n) is 5.69. The first-order chi connectivity index (χ1) is 16.9. The van der Waals surface area contributed by atoms with E-state index in [1.165, 1.54) is 11.8 Å². The fraction of sp³-hybridized carbons (Fsp3) is 0.222. The van der Waals surface area contributed by atoms with Crippen LogP contribution in [-0.4, -0.2) is 37.4 Å². The van der Waals surface area contributed by atoms with Crippen molar-refractivity contribution in [2.45, 2.75) is 19.4 Å². The number of carbonyl (C=O) groups is 3. The molecule has 1 saturated heterocycles. The van der Waals surface area contributed by atoms with Gasteiger partial charge in [0.2, 0.25) is 11.7 Å². The van der Waals surface area contributed by atoms with Crippen molar-refractivity contribution in [3.63, 3.8) is 0 Å². The summed E-state index contributed by atoms with van der Waals surface area (Å²) in [6.45, 7) is 1.69. The van der Waals surface area contributed by atoms with E-state index in [1.54, 1.807) is 67.8 Å². The second-order valence-electron chi connectivity index (χ2n) is 8.10. The van der Waals surface area contributed by atoms with E-state index < -0.39 is 18.0 Å². The Balaban J connectivity index is 1.37. The minimum atomic E-state index is -0.973. The molecule has 1 fully saturated rings. The second-order valence-corrected chi connectivity index (χ2v) is 8.54. The molecule has 3 aromatic carbocycles. The zero-order valence-electron chi connectivity index (χ0n) is 19.3. The largest absolute Gasteiger partial charge is 0.493 e. The number of ether oxygens (including phenoxy) is 3. The number of halogens is 1. The van der Waals surface area contributed by atoms with E-state index in [0.29, 0.717) is 33.5 Å². The van der Waals surface area contributed by atoms with Crippen LogP contribution in [0.25, 0.3) is 0 Å². The van der Waals surface area contributed by atoms with Crippen molar-refractivity contribution in [1.82, 2.24) is 0 Å². The Bertz CT molecular complexity index is 1230. The number of rotatable bonds is 8. The Morgan fingerprint density at radius 1 is 0.971 bits per heavy atom. The molecule has 0 N–H and O–H groups in total. The number of para-hydroxylation sites is 2. The van der Waals surface area contributed by atoms with Gasteiger partial charge < -0.3 is 19.1 Å². The molecule has 35 heavy (non-hydrogen) atoms. The highest BCUT2D eigenvalue weighted by molar-refractivity contribution is 6.30. The fourth-order valence-electron chi connectivity index (χ4n) is 3.81. The smallest absolute Gasteiger partial charge is 0.312 e. The normalized spacial score (nSPS) is 16.0. The van der Waals surface area contributed by atoms with Gasteiger partial charge in [-0.3, -0.25) is 14.4 Å². The van der Waals surface area contributed by atoms with Crippen LogP contribution in [0.1, 0.15) is 23.7 Å². The van der Waals surface area contributed by atoms with Crippen LogP contribution in [0.2, 0.25) is 5.02 Å². The number of ketones is 1. The number of nitrogens with zero attached hydrogens (tertiary/aromatic N) is 1. The van der Waals surface area contributed by atoms with Crippen molar-refractivity contribution < 1.29 is 28.6 Å². The van der Waals surface area contributed by atoms with Gasteiger partial charge in [-0.05, 0) is 67.6 Å². The number of esters is 1. The third-order valence-corrected chi connectivity index (χ3v) is 5.95. The number of methoxy groups -OCH3 is 1. The lowest BCUT2D eigenvalue weighted by atomic mass is 10.1. The Morgan fingerprint density at radius 2 is 1.63 bits per heavy atom. The van der Waals surface area contributed by atoms with Crippen LogP contribution in [0, 0.1) is 5.92 Å². The van der Waals surface area contributed by atoms with E-state index in [4.69, 9.17) is 25.8 Å². The van der Waals surface area contributed by atoms with Gasteiger partial charge in [-0.1, -0.05) is 23.7 Å². The Morgan fingerprint density at radius 3 is 2.29 bits per heavy atom. The highest BCUT2D eigenvalue weighted by Crippen LogP contribution is 2.33. The molecular weight excluding hydrogens is 470 g/mol. The van der Waals surface area contributed by atoms with Crippen molar-refractivity contribution in [2.24, 2.45) is 5.92 Å². The average Bonchev–Trinajstić information content (AvgIpc) is 3.26. The number of carbonyl (C=O) groups excluding carboxylic acids is 3. The Labute approximate surface area is 208 Å². The highest BCUT2D eigenvalue weighted by Gasteiger charge is 2.37. The average molecular weight is 494 g/mol. The van der Waals surface area contributed by atoms with Crippen LogP contribution >= 0.6 is 11.6 Å². The molecule has 2 atom stereocenters. The van der Waals surface area contributed by atoms with E-state index in [-0.39, 0.29) is 24.7 Å². The van der Waals surface area contributed by atoms with Gasteiger partial charge in [0.25, 0.3) is 0 Å². The lowest BCUT2D eigenvalue weighted by molar-refractivity contribution is -0.151. The molecule has 1 aliphatic heterocycles. The predicted molar refractivity (Wildman–Crippen MR) is 131 cm³/mol. The maximum Gasteiger partial charge on any atom is 0.312 e. The van der Waals surface area contributed by atoms with Crippen molar-refractivity contribution in [1.29, 1.82) is 0 Å². The molecule has 0 spiro atoms. The summed E-state index contributed by atoms with van der Waals surface area (Å²) in [5, 5.41) is 0.509. The lowest BCUT2D eigenvalue weighted by Gasteiger charge is -2.18. The number of hydrogen-bond acceptors (Lipinski definition) is 6. The Hall–Kier alpha value is -3.84. The molecule has 0 aliphatic carbocycles. The van der Waals surface area contributed by atoms with Crippen molar-refractivity contribution in [3.05, 3.63) is 83.4 Å².